The molecule has 0 spiro atoms. The van der Waals surface area contributed by atoms with Crippen LogP contribution in [0.2, 0.25) is 0 Å². The van der Waals surface area contributed by atoms with E-state index in [1.807, 2.05) is 29.1 Å². The minimum Gasteiger partial charge on any atom is -0.338 e. The zero-order valence-corrected chi connectivity index (χ0v) is 14.7. The lowest BCUT2D eigenvalue weighted by molar-refractivity contribution is 0.391. The standard InChI is InChI=1S/C16H12FN5OS2/c1-22-15(12-3-2-8-24-12)19-20-16(22)25-9-13-18-14(21-23-13)10-4-6-11(17)7-5-10/h2-8H,9H2,1H3. The number of aromatic nitrogens is 5. The minimum absolute atomic E-state index is 0.299. The van der Waals surface area contributed by atoms with Crippen molar-refractivity contribution in [3.8, 4) is 22.1 Å². The summed E-state index contributed by atoms with van der Waals surface area (Å²) in [6.45, 7) is 0. The van der Waals surface area contributed by atoms with Crippen LogP contribution in [0.1, 0.15) is 5.89 Å². The molecule has 25 heavy (non-hydrogen) atoms. The largest absolute Gasteiger partial charge is 0.338 e. The van der Waals surface area contributed by atoms with E-state index in [1.165, 1.54) is 23.9 Å². The van der Waals surface area contributed by atoms with E-state index in [0.29, 0.717) is 23.0 Å². The van der Waals surface area contributed by atoms with Crippen LogP contribution >= 0.6 is 23.1 Å². The highest BCUT2D eigenvalue weighted by Crippen LogP contribution is 2.27. The van der Waals surface area contributed by atoms with E-state index in [9.17, 15) is 4.39 Å². The average molecular weight is 373 g/mol. The Kier molecular flexibility index (Phi) is 4.33. The van der Waals surface area contributed by atoms with Crippen molar-refractivity contribution < 1.29 is 8.91 Å². The molecular weight excluding hydrogens is 361 g/mol. The molecule has 3 aromatic heterocycles. The van der Waals surface area contributed by atoms with Crippen molar-refractivity contribution in [1.82, 2.24) is 24.9 Å². The maximum atomic E-state index is 13.0. The summed E-state index contributed by atoms with van der Waals surface area (Å²) in [6.07, 6.45) is 0. The van der Waals surface area contributed by atoms with Crippen molar-refractivity contribution in [3.05, 3.63) is 53.5 Å². The number of halogens is 1. The molecule has 3 heterocycles. The SMILES string of the molecule is Cn1c(SCc2nc(-c3ccc(F)cc3)no2)nnc1-c1cccs1. The first-order valence-corrected chi connectivity index (χ1v) is 9.22. The Morgan fingerprint density at radius 3 is 2.80 bits per heavy atom. The number of benzene rings is 1. The summed E-state index contributed by atoms with van der Waals surface area (Å²) in [4.78, 5) is 5.40. The Hall–Kier alpha value is -2.52. The van der Waals surface area contributed by atoms with Gasteiger partial charge in [0.1, 0.15) is 5.82 Å². The predicted octanol–water partition coefficient (Wildman–Crippen LogP) is 4.03. The van der Waals surface area contributed by atoms with E-state index in [0.717, 1.165) is 15.9 Å². The molecule has 0 aliphatic heterocycles. The lowest BCUT2D eigenvalue weighted by Gasteiger charge is -2.00. The van der Waals surface area contributed by atoms with E-state index >= 15 is 0 Å². The minimum atomic E-state index is -0.299. The molecule has 126 valence electrons. The van der Waals surface area contributed by atoms with Crippen LogP contribution < -0.4 is 0 Å². The monoisotopic (exact) mass is 373 g/mol. The van der Waals surface area contributed by atoms with Gasteiger partial charge in [-0.25, -0.2) is 4.39 Å². The summed E-state index contributed by atoms with van der Waals surface area (Å²) >= 11 is 3.09. The molecule has 0 saturated heterocycles. The zero-order valence-electron chi connectivity index (χ0n) is 13.1. The summed E-state index contributed by atoms with van der Waals surface area (Å²) in [5.74, 6) is 1.92. The first-order chi connectivity index (χ1) is 12.2. The topological polar surface area (TPSA) is 69.6 Å². The second-order valence-corrected chi connectivity index (χ2v) is 7.04. The summed E-state index contributed by atoms with van der Waals surface area (Å²) in [5, 5.41) is 15.2. The molecule has 0 saturated carbocycles. The number of nitrogens with zero attached hydrogens (tertiary/aromatic N) is 5. The maximum Gasteiger partial charge on any atom is 0.237 e. The lowest BCUT2D eigenvalue weighted by Crippen LogP contribution is -1.94. The van der Waals surface area contributed by atoms with Gasteiger partial charge in [-0.05, 0) is 35.7 Å². The fraction of sp³-hybridized carbons (Fsp3) is 0.125. The predicted molar refractivity (Wildman–Crippen MR) is 93.6 cm³/mol. The molecule has 9 heteroatoms. The number of thioether (sulfide) groups is 1. The molecule has 0 unspecified atom stereocenters. The van der Waals surface area contributed by atoms with Crippen molar-refractivity contribution in [1.29, 1.82) is 0 Å². The Balaban J connectivity index is 1.46. The molecule has 0 amide bonds. The summed E-state index contributed by atoms with van der Waals surface area (Å²) in [7, 11) is 1.93. The van der Waals surface area contributed by atoms with Crippen LogP contribution in [0.5, 0.6) is 0 Å². The van der Waals surface area contributed by atoms with E-state index in [4.69, 9.17) is 4.52 Å². The number of hydrogen-bond acceptors (Lipinski definition) is 7. The van der Waals surface area contributed by atoms with Gasteiger partial charge in [0, 0.05) is 12.6 Å². The number of hydrogen-bond donors (Lipinski definition) is 0. The third kappa shape index (κ3) is 3.33. The van der Waals surface area contributed by atoms with Crippen LogP contribution in [0, 0.1) is 5.82 Å². The van der Waals surface area contributed by atoms with Crippen LogP contribution in [0.25, 0.3) is 22.1 Å². The third-order valence-electron chi connectivity index (χ3n) is 3.47. The molecule has 0 fully saturated rings. The zero-order chi connectivity index (χ0) is 17.2. The van der Waals surface area contributed by atoms with Gasteiger partial charge in [0.25, 0.3) is 0 Å². The number of rotatable bonds is 5. The third-order valence-corrected chi connectivity index (χ3v) is 5.34. The summed E-state index contributed by atoms with van der Waals surface area (Å²) in [5.41, 5.74) is 0.708. The molecule has 0 atom stereocenters. The van der Waals surface area contributed by atoms with Gasteiger partial charge in [0.05, 0.1) is 10.6 Å². The number of thiophene rings is 1. The fourth-order valence-corrected chi connectivity index (χ4v) is 3.71. The molecule has 6 nitrogen and oxygen atoms in total. The van der Waals surface area contributed by atoms with Gasteiger partial charge in [0.15, 0.2) is 11.0 Å². The first kappa shape index (κ1) is 16.0. The fourth-order valence-electron chi connectivity index (χ4n) is 2.22. The highest BCUT2D eigenvalue weighted by molar-refractivity contribution is 7.98. The van der Waals surface area contributed by atoms with Crippen LogP contribution in [0.15, 0.2) is 51.5 Å². The molecule has 0 aliphatic carbocycles. The normalized spacial score (nSPS) is 11.1. The van der Waals surface area contributed by atoms with Gasteiger partial charge in [0.2, 0.25) is 11.7 Å². The van der Waals surface area contributed by atoms with E-state index < -0.39 is 0 Å². The molecule has 4 aromatic rings. The maximum absolute atomic E-state index is 13.0. The van der Waals surface area contributed by atoms with E-state index in [-0.39, 0.29) is 5.82 Å². The van der Waals surface area contributed by atoms with Crippen LogP contribution in [0.3, 0.4) is 0 Å². The smallest absolute Gasteiger partial charge is 0.237 e. The van der Waals surface area contributed by atoms with Crippen molar-refractivity contribution >= 4 is 23.1 Å². The molecule has 1 aromatic carbocycles. The molecule has 0 radical (unpaired) electrons. The van der Waals surface area contributed by atoms with E-state index in [1.54, 1.807) is 23.5 Å². The summed E-state index contributed by atoms with van der Waals surface area (Å²) < 4.78 is 20.2. The second kappa shape index (κ2) is 6.77. The van der Waals surface area contributed by atoms with Gasteiger partial charge >= 0.3 is 0 Å². The van der Waals surface area contributed by atoms with Crippen LogP contribution in [-0.2, 0) is 12.8 Å². The van der Waals surface area contributed by atoms with Crippen LogP contribution in [-0.4, -0.2) is 24.9 Å². The van der Waals surface area contributed by atoms with E-state index in [2.05, 4.69) is 20.3 Å². The quantitative estimate of drug-likeness (QED) is 0.492. The molecular formula is C16H12FN5OS2. The van der Waals surface area contributed by atoms with Gasteiger partial charge in [-0.15, -0.1) is 21.5 Å². The Morgan fingerprint density at radius 1 is 1.20 bits per heavy atom. The van der Waals surface area contributed by atoms with Crippen LogP contribution in [0.4, 0.5) is 4.39 Å². The summed E-state index contributed by atoms with van der Waals surface area (Å²) in [6, 6.07) is 9.96. The highest BCUT2D eigenvalue weighted by Gasteiger charge is 2.14. The first-order valence-electron chi connectivity index (χ1n) is 7.35. The molecule has 0 bridgehead atoms. The van der Waals surface area contributed by atoms with Crippen molar-refractivity contribution in [2.24, 2.45) is 7.05 Å². The van der Waals surface area contributed by atoms with Gasteiger partial charge in [-0.2, -0.15) is 4.98 Å². The van der Waals surface area contributed by atoms with Crippen molar-refractivity contribution in [2.45, 2.75) is 10.9 Å². The lowest BCUT2D eigenvalue weighted by atomic mass is 10.2. The van der Waals surface area contributed by atoms with Gasteiger partial charge in [-0.3, -0.25) is 0 Å². The van der Waals surface area contributed by atoms with Crippen molar-refractivity contribution in [3.63, 3.8) is 0 Å². The molecule has 0 N–H and O–H groups in total. The van der Waals surface area contributed by atoms with Crippen molar-refractivity contribution in [2.75, 3.05) is 0 Å². The van der Waals surface area contributed by atoms with Gasteiger partial charge < -0.3 is 9.09 Å². The molecule has 0 aliphatic rings. The average Bonchev–Trinajstić information content (AvgIpc) is 3.34. The highest BCUT2D eigenvalue weighted by atomic mass is 32.2. The Bertz CT molecular complexity index is 979. The Labute approximate surface area is 150 Å². The Morgan fingerprint density at radius 2 is 2.04 bits per heavy atom. The second-order valence-electron chi connectivity index (χ2n) is 5.15. The molecule has 4 rings (SSSR count). The van der Waals surface area contributed by atoms with Gasteiger partial charge in [-0.1, -0.05) is 23.0 Å².